The van der Waals surface area contributed by atoms with E-state index >= 15 is 0 Å². The molecule has 0 saturated carbocycles. The zero-order valence-electron chi connectivity index (χ0n) is 10.9. The Kier molecular flexibility index (Phi) is 5.42. The first kappa shape index (κ1) is 14.0. The van der Waals surface area contributed by atoms with Gasteiger partial charge in [-0.2, -0.15) is 0 Å². The Labute approximate surface area is 103 Å². The van der Waals surface area contributed by atoms with E-state index in [0.717, 1.165) is 19.3 Å². The van der Waals surface area contributed by atoms with E-state index in [2.05, 4.69) is 6.92 Å². The van der Waals surface area contributed by atoms with Crippen molar-refractivity contribution in [3.05, 3.63) is 24.3 Å². The summed E-state index contributed by atoms with van der Waals surface area (Å²) in [6.07, 6.45) is 10.2. The van der Waals surface area contributed by atoms with Crippen molar-refractivity contribution in [2.24, 2.45) is 5.41 Å². The van der Waals surface area contributed by atoms with Crippen LogP contribution in [-0.4, -0.2) is 25.8 Å². The third kappa shape index (κ3) is 2.97. The predicted octanol–water partition coefficient (Wildman–Crippen LogP) is 2.87. The normalized spacial score (nSPS) is 27.1. The van der Waals surface area contributed by atoms with E-state index in [1.54, 1.807) is 7.11 Å². The molecule has 1 aliphatic carbocycles. The first-order chi connectivity index (χ1) is 8.21. The molecule has 0 aromatic rings. The van der Waals surface area contributed by atoms with Gasteiger partial charge in [0.1, 0.15) is 5.41 Å². The van der Waals surface area contributed by atoms with Crippen LogP contribution in [-0.2, 0) is 14.3 Å². The van der Waals surface area contributed by atoms with Crippen molar-refractivity contribution in [3.8, 4) is 0 Å². The van der Waals surface area contributed by atoms with Crippen molar-refractivity contribution in [2.75, 3.05) is 13.7 Å². The second-order valence-corrected chi connectivity index (χ2v) is 4.26. The zero-order chi connectivity index (χ0) is 12.7. The number of rotatable bonds is 6. The monoisotopic (exact) mass is 238 g/mol. The summed E-state index contributed by atoms with van der Waals surface area (Å²) >= 11 is 0. The molecule has 3 nitrogen and oxygen atoms in total. The average molecular weight is 238 g/mol. The van der Waals surface area contributed by atoms with Gasteiger partial charge < -0.3 is 9.47 Å². The van der Waals surface area contributed by atoms with Crippen LogP contribution in [0.2, 0.25) is 0 Å². The maximum atomic E-state index is 12.2. The molecule has 0 radical (unpaired) electrons. The second kappa shape index (κ2) is 6.60. The molecule has 96 valence electrons. The van der Waals surface area contributed by atoms with Crippen LogP contribution in [0.15, 0.2) is 24.3 Å². The van der Waals surface area contributed by atoms with Crippen LogP contribution in [0.25, 0.3) is 0 Å². The highest BCUT2D eigenvalue weighted by Crippen LogP contribution is 2.37. The lowest BCUT2D eigenvalue weighted by Crippen LogP contribution is -2.43. The quantitative estimate of drug-likeness (QED) is 0.667. The predicted molar refractivity (Wildman–Crippen MR) is 67.7 cm³/mol. The Morgan fingerprint density at radius 3 is 2.71 bits per heavy atom. The van der Waals surface area contributed by atoms with Gasteiger partial charge in [0.2, 0.25) is 0 Å². The number of methoxy groups -OCH3 is 1. The molecule has 0 N–H and O–H groups in total. The van der Waals surface area contributed by atoms with Gasteiger partial charge in [-0.1, -0.05) is 44.1 Å². The fourth-order valence-electron chi connectivity index (χ4n) is 2.19. The molecule has 0 bridgehead atoms. The van der Waals surface area contributed by atoms with E-state index in [9.17, 15) is 4.79 Å². The fraction of sp³-hybridized carbons (Fsp3) is 0.643. The Morgan fingerprint density at radius 1 is 1.35 bits per heavy atom. The number of allylic oxidation sites excluding steroid dienone is 2. The van der Waals surface area contributed by atoms with E-state index in [0.29, 0.717) is 6.61 Å². The maximum Gasteiger partial charge on any atom is 0.318 e. The van der Waals surface area contributed by atoms with Crippen molar-refractivity contribution in [3.63, 3.8) is 0 Å². The van der Waals surface area contributed by atoms with E-state index in [4.69, 9.17) is 9.47 Å². The summed E-state index contributed by atoms with van der Waals surface area (Å²) in [6.45, 7) is 4.35. The van der Waals surface area contributed by atoms with Crippen LogP contribution in [0.1, 0.15) is 33.1 Å². The van der Waals surface area contributed by atoms with Crippen LogP contribution < -0.4 is 0 Å². The first-order valence-electron chi connectivity index (χ1n) is 6.27. The van der Waals surface area contributed by atoms with E-state index in [1.807, 2.05) is 31.2 Å². The molecule has 2 atom stereocenters. The second-order valence-electron chi connectivity index (χ2n) is 4.26. The molecule has 0 heterocycles. The van der Waals surface area contributed by atoms with Crippen molar-refractivity contribution >= 4 is 5.97 Å². The third-order valence-corrected chi connectivity index (χ3v) is 3.15. The van der Waals surface area contributed by atoms with Gasteiger partial charge in [-0.3, -0.25) is 4.79 Å². The SMILES string of the molecule is CCCCC1(C(=O)OCC)C=CC=CC1OC. The first-order valence-corrected chi connectivity index (χ1v) is 6.27. The molecule has 1 aliphatic rings. The van der Waals surface area contributed by atoms with Crippen molar-refractivity contribution in [1.29, 1.82) is 0 Å². The molecule has 0 spiro atoms. The summed E-state index contributed by atoms with van der Waals surface area (Å²) in [5, 5.41) is 0. The molecular weight excluding hydrogens is 216 g/mol. The highest BCUT2D eigenvalue weighted by Gasteiger charge is 2.44. The lowest BCUT2D eigenvalue weighted by Gasteiger charge is -2.35. The molecule has 1 rings (SSSR count). The van der Waals surface area contributed by atoms with Crippen molar-refractivity contribution in [2.45, 2.75) is 39.2 Å². The Hall–Kier alpha value is -1.09. The minimum Gasteiger partial charge on any atom is -0.465 e. The van der Waals surface area contributed by atoms with Gasteiger partial charge in [-0.25, -0.2) is 0 Å². The number of carbonyl (C=O) groups excluding carboxylic acids is 1. The summed E-state index contributed by atoms with van der Waals surface area (Å²) < 4.78 is 10.6. The van der Waals surface area contributed by atoms with Crippen LogP contribution >= 0.6 is 0 Å². The van der Waals surface area contributed by atoms with Gasteiger partial charge in [-0.15, -0.1) is 0 Å². The number of ether oxygens (including phenoxy) is 2. The van der Waals surface area contributed by atoms with Crippen LogP contribution in [0.5, 0.6) is 0 Å². The molecule has 0 aromatic carbocycles. The van der Waals surface area contributed by atoms with Gasteiger partial charge in [0.25, 0.3) is 0 Å². The fourth-order valence-corrected chi connectivity index (χ4v) is 2.19. The van der Waals surface area contributed by atoms with Gasteiger partial charge in [0.05, 0.1) is 12.7 Å². The molecule has 3 heteroatoms. The largest absolute Gasteiger partial charge is 0.465 e. The van der Waals surface area contributed by atoms with Crippen molar-refractivity contribution in [1.82, 2.24) is 0 Å². The smallest absolute Gasteiger partial charge is 0.318 e. The molecular formula is C14H22O3. The van der Waals surface area contributed by atoms with Crippen LogP contribution in [0, 0.1) is 5.41 Å². The van der Waals surface area contributed by atoms with Crippen LogP contribution in [0.4, 0.5) is 0 Å². The highest BCUT2D eigenvalue weighted by molar-refractivity contribution is 5.81. The van der Waals surface area contributed by atoms with E-state index in [-0.39, 0.29) is 12.1 Å². The standard InChI is InChI=1S/C14H22O3/c1-4-6-10-14(13(15)17-5-2)11-8-7-9-12(14)16-3/h7-9,11-12H,4-6,10H2,1-3H3. The van der Waals surface area contributed by atoms with E-state index in [1.165, 1.54) is 0 Å². The van der Waals surface area contributed by atoms with Crippen molar-refractivity contribution < 1.29 is 14.3 Å². The molecule has 0 saturated heterocycles. The molecule has 0 fully saturated rings. The van der Waals surface area contributed by atoms with Gasteiger partial charge in [-0.05, 0) is 13.3 Å². The lowest BCUT2D eigenvalue weighted by atomic mass is 9.75. The lowest BCUT2D eigenvalue weighted by molar-refractivity contribution is -0.158. The Morgan fingerprint density at radius 2 is 2.12 bits per heavy atom. The molecule has 2 unspecified atom stereocenters. The average Bonchev–Trinajstić information content (AvgIpc) is 2.36. The molecule has 0 aliphatic heterocycles. The summed E-state index contributed by atoms with van der Waals surface area (Å²) in [5.41, 5.74) is -0.643. The van der Waals surface area contributed by atoms with E-state index < -0.39 is 5.41 Å². The molecule has 0 aromatic heterocycles. The summed E-state index contributed by atoms with van der Waals surface area (Å²) in [6, 6.07) is 0. The summed E-state index contributed by atoms with van der Waals surface area (Å²) in [5.74, 6) is -0.180. The number of esters is 1. The molecule has 17 heavy (non-hydrogen) atoms. The number of unbranched alkanes of at least 4 members (excludes halogenated alkanes) is 1. The number of hydrogen-bond acceptors (Lipinski definition) is 3. The van der Waals surface area contributed by atoms with Gasteiger partial charge in [0.15, 0.2) is 0 Å². The molecule has 0 amide bonds. The van der Waals surface area contributed by atoms with Crippen LogP contribution in [0.3, 0.4) is 0 Å². The highest BCUT2D eigenvalue weighted by atomic mass is 16.5. The third-order valence-electron chi connectivity index (χ3n) is 3.15. The topological polar surface area (TPSA) is 35.5 Å². The minimum absolute atomic E-state index is 0.180. The van der Waals surface area contributed by atoms with Gasteiger partial charge in [0, 0.05) is 7.11 Å². The zero-order valence-corrected chi connectivity index (χ0v) is 10.9. The maximum absolute atomic E-state index is 12.2. The Bertz CT molecular complexity index is 307. The summed E-state index contributed by atoms with van der Waals surface area (Å²) in [4.78, 5) is 12.2. The summed E-state index contributed by atoms with van der Waals surface area (Å²) in [7, 11) is 1.63. The van der Waals surface area contributed by atoms with Gasteiger partial charge >= 0.3 is 5.97 Å². The number of carbonyl (C=O) groups is 1. The number of hydrogen-bond donors (Lipinski definition) is 0. The Balaban J connectivity index is 2.94. The minimum atomic E-state index is -0.643.